The van der Waals surface area contributed by atoms with Crippen molar-refractivity contribution in [3.05, 3.63) is 54.1 Å². The van der Waals surface area contributed by atoms with E-state index in [-0.39, 0.29) is 5.91 Å². The van der Waals surface area contributed by atoms with Crippen molar-refractivity contribution in [3.8, 4) is 0 Å². The first-order valence-corrected chi connectivity index (χ1v) is 5.54. The van der Waals surface area contributed by atoms with Crippen LogP contribution in [0.2, 0.25) is 0 Å². The van der Waals surface area contributed by atoms with Crippen molar-refractivity contribution in [2.24, 2.45) is 0 Å². The van der Waals surface area contributed by atoms with Gasteiger partial charge in [-0.25, -0.2) is 4.98 Å². The zero-order chi connectivity index (χ0) is 12.1. The maximum atomic E-state index is 11.3. The maximum Gasteiger partial charge on any atom is 0.239 e. The predicted octanol–water partition coefficient (Wildman–Crippen LogP) is 1.22. The SMILES string of the molecule is CNC(=O)Cn1ccnc1Cc1ccccc1. The summed E-state index contributed by atoms with van der Waals surface area (Å²) in [5.74, 6) is 0.886. The Balaban J connectivity index is 2.12. The van der Waals surface area contributed by atoms with Crippen molar-refractivity contribution >= 4 is 5.91 Å². The lowest BCUT2D eigenvalue weighted by Gasteiger charge is -2.06. The number of carbonyl (C=O) groups is 1. The van der Waals surface area contributed by atoms with E-state index in [9.17, 15) is 4.79 Å². The Morgan fingerprint density at radius 2 is 2.12 bits per heavy atom. The molecule has 0 aliphatic rings. The fraction of sp³-hybridized carbons (Fsp3) is 0.231. The first-order chi connectivity index (χ1) is 8.29. The number of nitrogens with one attached hydrogen (secondary N) is 1. The average molecular weight is 229 g/mol. The molecule has 0 aliphatic heterocycles. The van der Waals surface area contributed by atoms with Gasteiger partial charge in [0, 0.05) is 25.9 Å². The van der Waals surface area contributed by atoms with Crippen LogP contribution in [0, 0.1) is 0 Å². The van der Waals surface area contributed by atoms with Crippen molar-refractivity contribution < 1.29 is 4.79 Å². The van der Waals surface area contributed by atoms with Gasteiger partial charge in [-0.05, 0) is 5.56 Å². The van der Waals surface area contributed by atoms with Gasteiger partial charge in [-0.15, -0.1) is 0 Å². The molecule has 2 rings (SSSR count). The zero-order valence-corrected chi connectivity index (χ0v) is 9.76. The molecule has 0 radical (unpaired) electrons. The fourth-order valence-corrected chi connectivity index (χ4v) is 1.66. The van der Waals surface area contributed by atoms with Crippen molar-refractivity contribution in [3.63, 3.8) is 0 Å². The van der Waals surface area contributed by atoms with Crippen molar-refractivity contribution in [2.45, 2.75) is 13.0 Å². The highest BCUT2D eigenvalue weighted by atomic mass is 16.1. The summed E-state index contributed by atoms with van der Waals surface area (Å²) >= 11 is 0. The fourth-order valence-electron chi connectivity index (χ4n) is 1.66. The molecule has 4 heteroatoms. The molecule has 0 aliphatic carbocycles. The highest BCUT2D eigenvalue weighted by molar-refractivity contribution is 5.75. The van der Waals surface area contributed by atoms with E-state index in [4.69, 9.17) is 0 Å². The maximum absolute atomic E-state index is 11.3. The first-order valence-electron chi connectivity index (χ1n) is 5.54. The number of amides is 1. The summed E-state index contributed by atoms with van der Waals surface area (Å²) < 4.78 is 1.87. The Labute approximate surface area is 100 Å². The largest absolute Gasteiger partial charge is 0.358 e. The minimum absolute atomic E-state index is 0.0164. The van der Waals surface area contributed by atoms with Gasteiger partial charge < -0.3 is 9.88 Å². The molecule has 0 atom stereocenters. The lowest BCUT2D eigenvalue weighted by atomic mass is 10.1. The standard InChI is InChI=1S/C13H15N3O/c1-14-13(17)10-16-8-7-15-12(16)9-11-5-3-2-4-6-11/h2-8H,9-10H2,1H3,(H,14,17). The normalized spacial score (nSPS) is 10.2. The number of rotatable bonds is 4. The Morgan fingerprint density at radius 1 is 1.35 bits per heavy atom. The summed E-state index contributed by atoms with van der Waals surface area (Å²) in [6.07, 6.45) is 4.29. The lowest BCUT2D eigenvalue weighted by Crippen LogP contribution is -2.24. The highest BCUT2D eigenvalue weighted by Crippen LogP contribution is 2.07. The van der Waals surface area contributed by atoms with Gasteiger partial charge in [0.2, 0.25) is 5.91 Å². The monoisotopic (exact) mass is 229 g/mol. The van der Waals surface area contributed by atoms with Crippen LogP contribution in [-0.2, 0) is 17.8 Å². The van der Waals surface area contributed by atoms with E-state index in [1.165, 1.54) is 5.56 Å². The Hall–Kier alpha value is -2.10. The number of carbonyl (C=O) groups excluding carboxylic acids is 1. The summed E-state index contributed by atoms with van der Waals surface area (Å²) in [6.45, 7) is 0.318. The minimum Gasteiger partial charge on any atom is -0.358 e. The first kappa shape index (κ1) is 11.4. The molecule has 4 nitrogen and oxygen atoms in total. The Kier molecular flexibility index (Phi) is 3.55. The summed E-state index contributed by atoms with van der Waals surface area (Å²) in [7, 11) is 1.64. The van der Waals surface area contributed by atoms with Crippen LogP contribution in [0.5, 0.6) is 0 Å². The van der Waals surface area contributed by atoms with Crippen LogP contribution in [0.25, 0.3) is 0 Å². The van der Waals surface area contributed by atoms with E-state index in [1.54, 1.807) is 13.2 Å². The summed E-state index contributed by atoms with van der Waals surface area (Å²) in [4.78, 5) is 15.6. The van der Waals surface area contributed by atoms with Gasteiger partial charge in [0.1, 0.15) is 12.4 Å². The van der Waals surface area contributed by atoms with Gasteiger partial charge >= 0.3 is 0 Å². The van der Waals surface area contributed by atoms with Crippen molar-refractivity contribution in [1.82, 2.24) is 14.9 Å². The number of likely N-dealkylation sites (N-methyl/N-ethyl adjacent to an activating group) is 1. The van der Waals surface area contributed by atoms with Gasteiger partial charge in [-0.1, -0.05) is 30.3 Å². The molecule has 0 fully saturated rings. The third-order valence-electron chi connectivity index (χ3n) is 2.60. The number of hydrogen-bond acceptors (Lipinski definition) is 2. The van der Waals surface area contributed by atoms with Gasteiger partial charge in [-0.3, -0.25) is 4.79 Å². The Bertz CT molecular complexity index is 490. The molecule has 17 heavy (non-hydrogen) atoms. The molecule has 88 valence electrons. The third kappa shape index (κ3) is 2.93. The second-order valence-electron chi connectivity index (χ2n) is 3.81. The van der Waals surface area contributed by atoms with Crippen LogP contribution in [0.1, 0.15) is 11.4 Å². The van der Waals surface area contributed by atoms with E-state index >= 15 is 0 Å². The molecule has 0 bridgehead atoms. The summed E-state index contributed by atoms with van der Waals surface area (Å²) in [5.41, 5.74) is 1.19. The van der Waals surface area contributed by atoms with E-state index in [0.29, 0.717) is 6.54 Å². The second-order valence-corrected chi connectivity index (χ2v) is 3.81. The molecule has 1 aromatic carbocycles. The predicted molar refractivity (Wildman–Crippen MR) is 65.5 cm³/mol. The summed E-state index contributed by atoms with van der Waals surface area (Å²) in [6, 6.07) is 10.1. The molecule has 1 aromatic heterocycles. The number of hydrogen-bond donors (Lipinski definition) is 1. The topological polar surface area (TPSA) is 46.9 Å². The van der Waals surface area contributed by atoms with Crippen LogP contribution in [0.4, 0.5) is 0 Å². The Morgan fingerprint density at radius 3 is 2.82 bits per heavy atom. The van der Waals surface area contributed by atoms with Gasteiger partial charge in [-0.2, -0.15) is 0 Å². The van der Waals surface area contributed by atoms with E-state index in [1.807, 2.05) is 29.0 Å². The van der Waals surface area contributed by atoms with Crippen LogP contribution >= 0.6 is 0 Å². The quantitative estimate of drug-likeness (QED) is 0.857. The molecule has 0 unspecified atom stereocenters. The molecule has 1 heterocycles. The van der Waals surface area contributed by atoms with Crippen LogP contribution < -0.4 is 5.32 Å². The van der Waals surface area contributed by atoms with Crippen LogP contribution in [0.3, 0.4) is 0 Å². The van der Waals surface area contributed by atoms with Crippen molar-refractivity contribution in [1.29, 1.82) is 0 Å². The molecular formula is C13H15N3O. The van der Waals surface area contributed by atoms with E-state index in [0.717, 1.165) is 12.2 Å². The van der Waals surface area contributed by atoms with Gasteiger partial charge in [0.05, 0.1) is 0 Å². The number of nitrogens with zero attached hydrogens (tertiary/aromatic N) is 2. The van der Waals surface area contributed by atoms with E-state index in [2.05, 4.69) is 22.4 Å². The average Bonchev–Trinajstić information content (AvgIpc) is 2.78. The van der Waals surface area contributed by atoms with E-state index < -0.39 is 0 Å². The van der Waals surface area contributed by atoms with Crippen LogP contribution in [-0.4, -0.2) is 22.5 Å². The molecule has 2 aromatic rings. The second kappa shape index (κ2) is 5.30. The molecule has 1 amide bonds. The van der Waals surface area contributed by atoms with Crippen LogP contribution in [0.15, 0.2) is 42.7 Å². The smallest absolute Gasteiger partial charge is 0.239 e. The number of benzene rings is 1. The molecule has 1 N–H and O–H groups in total. The minimum atomic E-state index is -0.0164. The molecule has 0 saturated carbocycles. The zero-order valence-electron chi connectivity index (χ0n) is 9.76. The van der Waals surface area contributed by atoms with Gasteiger partial charge in [0.25, 0.3) is 0 Å². The third-order valence-corrected chi connectivity index (χ3v) is 2.60. The number of imidazole rings is 1. The lowest BCUT2D eigenvalue weighted by molar-refractivity contribution is -0.121. The van der Waals surface area contributed by atoms with Gasteiger partial charge in [0.15, 0.2) is 0 Å². The number of aromatic nitrogens is 2. The molecule has 0 saturated heterocycles. The molecular weight excluding hydrogens is 214 g/mol. The van der Waals surface area contributed by atoms with Crippen molar-refractivity contribution in [2.75, 3.05) is 7.05 Å². The summed E-state index contributed by atoms with van der Waals surface area (Å²) in [5, 5.41) is 2.61. The molecule has 0 spiro atoms. The highest BCUT2D eigenvalue weighted by Gasteiger charge is 2.06.